The van der Waals surface area contributed by atoms with Gasteiger partial charge in [0.05, 0.1) is 0 Å². The summed E-state index contributed by atoms with van der Waals surface area (Å²) in [6.45, 7) is 8.31. The van der Waals surface area contributed by atoms with Crippen LogP contribution in [0.25, 0.3) is 0 Å². The fourth-order valence-electron chi connectivity index (χ4n) is 1.27. The smallest absolute Gasteiger partial charge is 0.287 e. The Morgan fingerprint density at radius 2 is 1.76 bits per heavy atom. The SMILES string of the molecule is CCC(=O)C(=O)NC/C=C(\C)CCC=C(C)C. The fraction of sp³-hybridized carbons (Fsp3) is 0.571. The van der Waals surface area contributed by atoms with Crippen LogP contribution in [0.1, 0.15) is 47.0 Å². The van der Waals surface area contributed by atoms with Gasteiger partial charge in [0, 0.05) is 13.0 Å². The van der Waals surface area contributed by atoms with Gasteiger partial charge in [-0.1, -0.05) is 30.2 Å². The lowest BCUT2D eigenvalue weighted by Gasteiger charge is -2.02. The van der Waals surface area contributed by atoms with E-state index in [9.17, 15) is 9.59 Å². The Morgan fingerprint density at radius 3 is 2.29 bits per heavy atom. The highest BCUT2D eigenvalue weighted by Crippen LogP contribution is 2.05. The van der Waals surface area contributed by atoms with E-state index in [0.29, 0.717) is 6.54 Å². The molecular weight excluding hydrogens is 214 g/mol. The monoisotopic (exact) mass is 237 g/mol. The highest BCUT2D eigenvalue weighted by atomic mass is 16.2. The molecule has 0 radical (unpaired) electrons. The van der Waals surface area contributed by atoms with Crippen molar-refractivity contribution in [2.75, 3.05) is 6.54 Å². The summed E-state index contributed by atoms with van der Waals surface area (Å²) in [6, 6.07) is 0. The van der Waals surface area contributed by atoms with Crippen LogP contribution in [-0.2, 0) is 9.59 Å². The van der Waals surface area contributed by atoms with Gasteiger partial charge in [-0.15, -0.1) is 0 Å². The molecule has 3 heteroatoms. The topological polar surface area (TPSA) is 46.2 Å². The third-order valence-electron chi connectivity index (χ3n) is 2.38. The molecule has 0 aliphatic carbocycles. The van der Waals surface area contributed by atoms with Crippen molar-refractivity contribution in [1.82, 2.24) is 5.32 Å². The third-order valence-corrected chi connectivity index (χ3v) is 2.38. The van der Waals surface area contributed by atoms with Crippen molar-refractivity contribution in [2.24, 2.45) is 0 Å². The number of Topliss-reactive ketones (excluding diaryl/α,β-unsaturated/α-hetero) is 1. The van der Waals surface area contributed by atoms with Gasteiger partial charge in [-0.05, 0) is 33.6 Å². The highest BCUT2D eigenvalue weighted by molar-refractivity contribution is 6.36. The maximum atomic E-state index is 11.2. The summed E-state index contributed by atoms with van der Waals surface area (Å²) >= 11 is 0. The molecule has 0 bridgehead atoms. The fourth-order valence-corrected chi connectivity index (χ4v) is 1.27. The first-order chi connectivity index (χ1) is 7.97. The molecule has 0 saturated carbocycles. The summed E-state index contributed by atoms with van der Waals surface area (Å²) < 4.78 is 0. The minimum absolute atomic E-state index is 0.259. The lowest BCUT2D eigenvalue weighted by molar-refractivity contribution is -0.137. The number of amides is 1. The predicted octanol–water partition coefficient (Wildman–Crippen LogP) is 2.77. The zero-order chi connectivity index (χ0) is 13.3. The van der Waals surface area contributed by atoms with E-state index in [4.69, 9.17) is 0 Å². The predicted molar refractivity (Wildman–Crippen MR) is 70.7 cm³/mol. The summed E-state index contributed by atoms with van der Waals surface area (Å²) in [5.74, 6) is -0.846. The van der Waals surface area contributed by atoms with Crippen molar-refractivity contribution < 1.29 is 9.59 Å². The average Bonchev–Trinajstić information content (AvgIpc) is 2.27. The lowest BCUT2D eigenvalue weighted by Crippen LogP contribution is -2.30. The number of allylic oxidation sites excluding steroid dienone is 3. The summed E-state index contributed by atoms with van der Waals surface area (Å²) in [4.78, 5) is 22.2. The lowest BCUT2D eigenvalue weighted by atomic mass is 10.1. The molecule has 3 nitrogen and oxygen atoms in total. The number of rotatable bonds is 7. The molecule has 0 rings (SSSR count). The minimum Gasteiger partial charge on any atom is -0.346 e. The number of carbonyl (C=O) groups excluding carboxylic acids is 2. The quantitative estimate of drug-likeness (QED) is 0.546. The van der Waals surface area contributed by atoms with E-state index >= 15 is 0 Å². The molecule has 0 heterocycles. The van der Waals surface area contributed by atoms with Gasteiger partial charge >= 0.3 is 0 Å². The molecule has 96 valence electrons. The van der Waals surface area contributed by atoms with Gasteiger partial charge in [-0.25, -0.2) is 0 Å². The minimum atomic E-state index is -0.485. The average molecular weight is 237 g/mol. The third kappa shape index (κ3) is 8.43. The van der Waals surface area contributed by atoms with E-state index in [-0.39, 0.29) is 12.2 Å². The number of carbonyl (C=O) groups is 2. The zero-order valence-electron chi connectivity index (χ0n) is 11.3. The zero-order valence-corrected chi connectivity index (χ0v) is 11.3. The van der Waals surface area contributed by atoms with Crippen LogP contribution in [0.5, 0.6) is 0 Å². The molecule has 1 N–H and O–H groups in total. The second-order valence-corrected chi connectivity index (χ2v) is 4.36. The molecule has 0 spiro atoms. The first-order valence-corrected chi connectivity index (χ1v) is 6.07. The highest BCUT2D eigenvalue weighted by Gasteiger charge is 2.08. The molecule has 17 heavy (non-hydrogen) atoms. The van der Waals surface area contributed by atoms with Gasteiger partial charge in [0.25, 0.3) is 5.91 Å². The summed E-state index contributed by atoms with van der Waals surface area (Å²) in [5.41, 5.74) is 2.55. The van der Waals surface area contributed by atoms with E-state index in [1.54, 1.807) is 6.92 Å². The molecule has 1 amide bonds. The van der Waals surface area contributed by atoms with Crippen molar-refractivity contribution >= 4 is 11.7 Å². The Labute approximate surface area is 104 Å². The molecule has 0 aromatic rings. The molecule has 0 aromatic heterocycles. The van der Waals surface area contributed by atoms with Gasteiger partial charge < -0.3 is 5.32 Å². The van der Waals surface area contributed by atoms with Crippen molar-refractivity contribution in [1.29, 1.82) is 0 Å². The van der Waals surface area contributed by atoms with Gasteiger partial charge in [-0.2, -0.15) is 0 Å². The Kier molecular flexibility index (Phi) is 8.03. The van der Waals surface area contributed by atoms with Crippen LogP contribution < -0.4 is 5.32 Å². The maximum absolute atomic E-state index is 11.2. The van der Waals surface area contributed by atoms with Crippen molar-refractivity contribution in [2.45, 2.75) is 47.0 Å². The standard InChI is InChI=1S/C14H23NO2/c1-5-13(16)14(17)15-10-9-12(4)8-6-7-11(2)3/h7,9H,5-6,8,10H2,1-4H3,(H,15,17)/b12-9+. The number of nitrogens with one attached hydrogen (secondary N) is 1. The number of hydrogen-bond donors (Lipinski definition) is 1. The van der Waals surface area contributed by atoms with E-state index in [1.807, 2.05) is 13.0 Å². The molecule has 0 unspecified atom stereocenters. The molecule has 0 atom stereocenters. The molecule has 0 saturated heterocycles. The first kappa shape index (κ1) is 15.6. The van der Waals surface area contributed by atoms with Crippen LogP contribution in [-0.4, -0.2) is 18.2 Å². The Bertz CT molecular complexity index is 323. The number of hydrogen-bond acceptors (Lipinski definition) is 2. The van der Waals surface area contributed by atoms with Crippen LogP contribution >= 0.6 is 0 Å². The summed E-state index contributed by atoms with van der Waals surface area (Å²) in [5, 5.41) is 2.58. The van der Waals surface area contributed by atoms with Crippen LogP contribution in [0.15, 0.2) is 23.3 Å². The molecule has 0 aliphatic rings. The van der Waals surface area contributed by atoms with Crippen LogP contribution in [0.3, 0.4) is 0 Å². The normalized spacial score (nSPS) is 10.9. The van der Waals surface area contributed by atoms with Crippen LogP contribution in [0.4, 0.5) is 0 Å². The van der Waals surface area contributed by atoms with Gasteiger partial charge in [0.1, 0.15) is 0 Å². The largest absolute Gasteiger partial charge is 0.346 e. The maximum Gasteiger partial charge on any atom is 0.287 e. The van der Waals surface area contributed by atoms with Gasteiger partial charge in [0.15, 0.2) is 0 Å². The van der Waals surface area contributed by atoms with E-state index in [2.05, 4.69) is 25.2 Å². The van der Waals surface area contributed by atoms with Crippen LogP contribution in [0.2, 0.25) is 0 Å². The Morgan fingerprint density at radius 1 is 1.12 bits per heavy atom. The van der Waals surface area contributed by atoms with Crippen molar-refractivity contribution in [3.05, 3.63) is 23.3 Å². The molecule has 0 fully saturated rings. The summed E-state index contributed by atoms with van der Waals surface area (Å²) in [6.07, 6.45) is 6.42. The van der Waals surface area contributed by atoms with Crippen molar-refractivity contribution in [3.8, 4) is 0 Å². The van der Waals surface area contributed by atoms with E-state index < -0.39 is 5.91 Å². The van der Waals surface area contributed by atoms with Gasteiger partial charge in [0.2, 0.25) is 5.78 Å². The second kappa shape index (κ2) is 8.74. The van der Waals surface area contributed by atoms with E-state index in [0.717, 1.165) is 12.8 Å². The summed E-state index contributed by atoms with van der Waals surface area (Å²) in [7, 11) is 0. The molecule has 0 aromatic carbocycles. The van der Waals surface area contributed by atoms with Crippen LogP contribution in [0, 0.1) is 0 Å². The Balaban J connectivity index is 3.88. The molecular formula is C14H23NO2. The van der Waals surface area contributed by atoms with E-state index in [1.165, 1.54) is 11.1 Å². The van der Waals surface area contributed by atoms with Gasteiger partial charge in [-0.3, -0.25) is 9.59 Å². The Hall–Kier alpha value is -1.38. The molecule has 0 aliphatic heterocycles. The second-order valence-electron chi connectivity index (χ2n) is 4.36. The first-order valence-electron chi connectivity index (χ1n) is 6.07. The number of ketones is 1. The van der Waals surface area contributed by atoms with Crippen molar-refractivity contribution in [3.63, 3.8) is 0 Å².